The predicted molar refractivity (Wildman–Crippen MR) is 74.5 cm³/mol. The summed E-state index contributed by atoms with van der Waals surface area (Å²) in [6.07, 6.45) is 2.27. The van der Waals surface area contributed by atoms with E-state index < -0.39 is 0 Å². The lowest BCUT2D eigenvalue weighted by molar-refractivity contribution is -0.121. The Morgan fingerprint density at radius 3 is 2.74 bits per heavy atom. The Hall–Kier alpha value is -1.42. The third-order valence-electron chi connectivity index (χ3n) is 3.84. The minimum Gasteiger partial charge on any atom is -0.325 e. The van der Waals surface area contributed by atoms with Crippen molar-refractivity contribution in [2.24, 2.45) is 5.92 Å². The minimum absolute atomic E-state index is 0.0693. The third-order valence-corrected chi connectivity index (χ3v) is 3.84. The lowest BCUT2D eigenvalue weighted by atomic mass is 9.98. The molecular weight excluding hydrogens is 243 g/mol. The van der Waals surface area contributed by atoms with E-state index in [1.54, 1.807) is 12.1 Å². The molecule has 104 valence electrons. The van der Waals surface area contributed by atoms with Gasteiger partial charge in [0, 0.05) is 5.69 Å². The van der Waals surface area contributed by atoms with E-state index in [2.05, 4.69) is 17.1 Å². The van der Waals surface area contributed by atoms with E-state index >= 15 is 0 Å². The fourth-order valence-corrected chi connectivity index (χ4v) is 2.39. The Morgan fingerprint density at radius 1 is 1.42 bits per heavy atom. The van der Waals surface area contributed by atoms with Crippen molar-refractivity contribution in [2.45, 2.75) is 32.7 Å². The first-order valence-electron chi connectivity index (χ1n) is 6.87. The lowest BCUT2D eigenvalue weighted by Crippen LogP contribution is -2.45. The summed E-state index contributed by atoms with van der Waals surface area (Å²) < 4.78 is 13.1. The van der Waals surface area contributed by atoms with Crippen molar-refractivity contribution in [1.82, 2.24) is 4.90 Å². The molecule has 0 aromatic heterocycles. The van der Waals surface area contributed by atoms with Gasteiger partial charge < -0.3 is 5.32 Å². The molecule has 0 saturated carbocycles. The number of piperidine rings is 1. The molecule has 0 aliphatic carbocycles. The summed E-state index contributed by atoms with van der Waals surface area (Å²) in [6, 6.07) is 5.83. The number of hydrogen-bond donors (Lipinski definition) is 1. The highest BCUT2D eigenvalue weighted by Gasteiger charge is 2.24. The standard InChI is InChI=1S/C15H21FN2O/c1-11-6-8-18(9-7-11)12(2)15(19)17-14-5-3-4-13(16)10-14/h3-5,10-12H,6-9H2,1-2H3,(H,17,19)/t12-/m0/s1. The number of anilines is 1. The molecule has 2 rings (SSSR count). The number of likely N-dealkylation sites (tertiary alicyclic amines) is 1. The number of carbonyl (C=O) groups is 1. The Kier molecular flexibility index (Phi) is 4.53. The third kappa shape index (κ3) is 3.77. The van der Waals surface area contributed by atoms with Gasteiger partial charge in [0.05, 0.1) is 6.04 Å². The number of carbonyl (C=O) groups excluding carboxylic acids is 1. The zero-order chi connectivity index (χ0) is 13.8. The van der Waals surface area contributed by atoms with Crippen molar-refractivity contribution in [2.75, 3.05) is 18.4 Å². The number of hydrogen-bond acceptors (Lipinski definition) is 2. The van der Waals surface area contributed by atoms with Gasteiger partial charge in [-0.2, -0.15) is 0 Å². The zero-order valence-electron chi connectivity index (χ0n) is 11.5. The van der Waals surface area contributed by atoms with Gasteiger partial charge in [0.2, 0.25) is 5.91 Å². The average Bonchev–Trinajstić information content (AvgIpc) is 2.39. The second-order valence-electron chi connectivity index (χ2n) is 5.39. The SMILES string of the molecule is CC1CCN([C@@H](C)C(=O)Nc2cccc(F)c2)CC1. The molecule has 0 radical (unpaired) electrons. The smallest absolute Gasteiger partial charge is 0.241 e. The normalized spacial score (nSPS) is 19.1. The van der Waals surface area contributed by atoms with Crippen LogP contribution < -0.4 is 5.32 Å². The van der Waals surface area contributed by atoms with Crippen molar-refractivity contribution in [3.05, 3.63) is 30.1 Å². The highest BCUT2D eigenvalue weighted by Crippen LogP contribution is 2.19. The lowest BCUT2D eigenvalue weighted by Gasteiger charge is -2.34. The average molecular weight is 264 g/mol. The molecule has 1 aromatic rings. The Balaban J connectivity index is 1.92. The van der Waals surface area contributed by atoms with Gasteiger partial charge in [-0.1, -0.05) is 13.0 Å². The molecule has 4 heteroatoms. The van der Waals surface area contributed by atoms with Crippen LogP contribution in [0.2, 0.25) is 0 Å². The van der Waals surface area contributed by atoms with E-state index in [4.69, 9.17) is 0 Å². The fraction of sp³-hybridized carbons (Fsp3) is 0.533. The van der Waals surface area contributed by atoms with Crippen LogP contribution in [0.15, 0.2) is 24.3 Å². The molecule has 3 nitrogen and oxygen atoms in total. The van der Waals surface area contributed by atoms with Crippen LogP contribution in [-0.4, -0.2) is 29.9 Å². The van der Waals surface area contributed by atoms with Gasteiger partial charge in [0.15, 0.2) is 0 Å². The van der Waals surface area contributed by atoms with E-state index in [0.717, 1.165) is 31.8 Å². The van der Waals surface area contributed by atoms with Crippen molar-refractivity contribution in [1.29, 1.82) is 0 Å². The van der Waals surface area contributed by atoms with Gasteiger partial charge in [0.1, 0.15) is 5.82 Å². The van der Waals surface area contributed by atoms with Crippen molar-refractivity contribution >= 4 is 11.6 Å². The van der Waals surface area contributed by atoms with Crippen LogP contribution >= 0.6 is 0 Å². The first kappa shape index (κ1) is 14.0. The monoisotopic (exact) mass is 264 g/mol. The van der Waals surface area contributed by atoms with Crippen LogP contribution in [0, 0.1) is 11.7 Å². The minimum atomic E-state index is -0.336. The highest BCUT2D eigenvalue weighted by atomic mass is 19.1. The summed E-state index contributed by atoms with van der Waals surface area (Å²) in [4.78, 5) is 14.3. The molecule has 1 saturated heterocycles. The Morgan fingerprint density at radius 2 is 2.11 bits per heavy atom. The number of amides is 1. The van der Waals surface area contributed by atoms with E-state index in [1.165, 1.54) is 12.1 Å². The Labute approximate surface area is 113 Å². The summed E-state index contributed by atoms with van der Waals surface area (Å²) in [5.74, 6) is 0.340. The maximum atomic E-state index is 13.1. The van der Waals surface area contributed by atoms with Gasteiger partial charge in [0.25, 0.3) is 0 Å². The van der Waals surface area contributed by atoms with Crippen molar-refractivity contribution < 1.29 is 9.18 Å². The summed E-state index contributed by atoms with van der Waals surface area (Å²) >= 11 is 0. The maximum absolute atomic E-state index is 13.1. The quantitative estimate of drug-likeness (QED) is 0.910. The second-order valence-corrected chi connectivity index (χ2v) is 5.39. The summed E-state index contributed by atoms with van der Waals surface area (Å²) in [5, 5.41) is 2.77. The topological polar surface area (TPSA) is 32.3 Å². The molecule has 0 spiro atoms. The molecule has 1 amide bonds. The van der Waals surface area contributed by atoms with Crippen LogP contribution in [0.4, 0.5) is 10.1 Å². The van der Waals surface area contributed by atoms with Crippen LogP contribution in [-0.2, 0) is 4.79 Å². The summed E-state index contributed by atoms with van der Waals surface area (Å²) in [6.45, 7) is 6.07. The first-order chi connectivity index (χ1) is 9.06. The Bertz CT molecular complexity index is 442. The first-order valence-corrected chi connectivity index (χ1v) is 6.87. The van der Waals surface area contributed by atoms with Crippen molar-refractivity contribution in [3.63, 3.8) is 0 Å². The van der Waals surface area contributed by atoms with Gasteiger partial charge in [-0.15, -0.1) is 0 Å². The van der Waals surface area contributed by atoms with Crippen LogP contribution in [0.3, 0.4) is 0 Å². The van der Waals surface area contributed by atoms with Gasteiger partial charge in [-0.3, -0.25) is 9.69 Å². The number of benzene rings is 1. The van der Waals surface area contributed by atoms with E-state index in [0.29, 0.717) is 5.69 Å². The zero-order valence-corrected chi connectivity index (χ0v) is 11.5. The van der Waals surface area contributed by atoms with Crippen LogP contribution in [0.1, 0.15) is 26.7 Å². The van der Waals surface area contributed by atoms with E-state index in [9.17, 15) is 9.18 Å². The molecule has 19 heavy (non-hydrogen) atoms. The van der Waals surface area contributed by atoms with Crippen molar-refractivity contribution in [3.8, 4) is 0 Å². The highest BCUT2D eigenvalue weighted by molar-refractivity contribution is 5.94. The molecule has 1 atom stereocenters. The number of nitrogens with zero attached hydrogens (tertiary/aromatic N) is 1. The van der Waals surface area contributed by atoms with Gasteiger partial charge in [-0.05, 0) is 57.0 Å². The van der Waals surface area contributed by atoms with E-state index in [1.807, 2.05) is 6.92 Å². The number of rotatable bonds is 3. The number of nitrogens with one attached hydrogen (secondary N) is 1. The molecule has 1 heterocycles. The molecule has 0 bridgehead atoms. The summed E-state index contributed by atoms with van der Waals surface area (Å²) in [7, 11) is 0. The fourth-order valence-electron chi connectivity index (χ4n) is 2.39. The van der Waals surface area contributed by atoms with Crippen LogP contribution in [0.5, 0.6) is 0 Å². The second kappa shape index (κ2) is 6.15. The molecule has 1 aliphatic heterocycles. The van der Waals surface area contributed by atoms with Gasteiger partial charge >= 0.3 is 0 Å². The molecule has 1 aromatic carbocycles. The molecule has 1 N–H and O–H groups in total. The van der Waals surface area contributed by atoms with Crippen LogP contribution in [0.25, 0.3) is 0 Å². The molecule has 0 unspecified atom stereocenters. The van der Waals surface area contributed by atoms with E-state index in [-0.39, 0.29) is 17.8 Å². The largest absolute Gasteiger partial charge is 0.325 e. The molecule has 1 fully saturated rings. The molecular formula is C15H21FN2O. The van der Waals surface area contributed by atoms with Gasteiger partial charge in [-0.25, -0.2) is 4.39 Å². The predicted octanol–water partition coefficient (Wildman–Crippen LogP) is 2.88. The number of halogens is 1. The summed E-state index contributed by atoms with van der Waals surface area (Å²) in [5.41, 5.74) is 0.516. The maximum Gasteiger partial charge on any atom is 0.241 e. The molecule has 1 aliphatic rings.